The Morgan fingerprint density at radius 2 is 1.42 bits per heavy atom. The van der Waals surface area contributed by atoms with Crippen molar-refractivity contribution in [1.29, 1.82) is 0 Å². The number of benzene rings is 2. The molecule has 1 N–H and O–H groups in total. The molecular weight excluding hydrogens is 456 g/mol. The highest BCUT2D eigenvalue weighted by molar-refractivity contribution is 9.09. The van der Waals surface area contributed by atoms with Crippen LogP contribution in [0.1, 0.15) is 63.0 Å². The van der Waals surface area contributed by atoms with Crippen LogP contribution in [0.25, 0.3) is 0 Å². The summed E-state index contributed by atoms with van der Waals surface area (Å²) in [6.45, 7) is 2.45. The zero-order valence-electron chi connectivity index (χ0n) is 18.5. The topological polar surface area (TPSA) is 47.9 Å². The van der Waals surface area contributed by atoms with Gasteiger partial charge in [-0.15, -0.1) is 0 Å². The fraction of sp³-hybridized carbons (Fsp3) is 0.538. The smallest absolute Gasteiger partial charge is 0.127 e. The van der Waals surface area contributed by atoms with Gasteiger partial charge in [0.1, 0.15) is 17.6 Å². The second kappa shape index (κ2) is 17.0. The first-order chi connectivity index (χ1) is 15.3. The Morgan fingerprint density at radius 3 is 2.19 bits per heavy atom. The number of aliphatic hydroxyl groups excluding tert-OH is 1. The van der Waals surface area contributed by atoms with E-state index in [2.05, 4.69) is 22.0 Å². The molecule has 0 aromatic heterocycles. The molecule has 0 aliphatic rings. The number of hydrogen-bond donors (Lipinski definition) is 1. The zero-order chi connectivity index (χ0) is 22.0. The Hall–Kier alpha value is -1.56. The standard InChI is InChI=1S/C26H37BrO4/c27-18-8-1-2-9-20-29-21-10-11-22-30-25-16-7-6-15-24(25)26(17-12-19-28)31-23-13-4-3-5-14-23/h3-7,13-16,26,28H,1-2,8-12,17-22H2. The molecule has 2 rings (SSSR count). The van der Waals surface area contributed by atoms with E-state index in [9.17, 15) is 5.11 Å². The minimum absolute atomic E-state index is 0.147. The Kier molecular flexibility index (Phi) is 14.1. The summed E-state index contributed by atoms with van der Waals surface area (Å²) in [5.74, 6) is 1.68. The summed E-state index contributed by atoms with van der Waals surface area (Å²) in [6, 6.07) is 17.9. The predicted molar refractivity (Wildman–Crippen MR) is 130 cm³/mol. The van der Waals surface area contributed by atoms with E-state index in [1.54, 1.807) is 0 Å². The van der Waals surface area contributed by atoms with Gasteiger partial charge in [0.25, 0.3) is 0 Å². The summed E-state index contributed by atoms with van der Waals surface area (Å²) in [7, 11) is 0. The van der Waals surface area contributed by atoms with Crippen molar-refractivity contribution in [2.45, 2.75) is 57.5 Å². The number of aliphatic hydroxyl groups is 1. The zero-order valence-corrected chi connectivity index (χ0v) is 20.1. The molecule has 172 valence electrons. The van der Waals surface area contributed by atoms with Gasteiger partial charge in [0.05, 0.1) is 6.61 Å². The van der Waals surface area contributed by atoms with Crippen LogP contribution < -0.4 is 9.47 Å². The third-order valence-corrected chi connectivity index (χ3v) is 5.59. The van der Waals surface area contributed by atoms with Gasteiger partial charge in [-0.25, -0.2) is 0 Å². The molecule has 1 unspecified atom stereocenters. The van der Waals surface area contributed by atoms with Gasteiger partial charge in [-0.3, -0.25) is 0 Å². The van der Waals surface area contributed by atoms with Crippen molar-refractivity contribution in [1.82, 2.24) is 0 Å². The van der Waals surface area contributed by atoms with Crippen LogP contribution in [-0.4, -0.2) is 36.9 Å². The van der Waals surface area contributed by atoms with Crippen molar-refractivity contribution in [3.8, 4) is 11.5 Å². The van der Waals surface area contributed by atoms with E-state index in [0.29, 0.717) is 13.0 Å². The van der Waals surface area contributed by atoms with Crippen LogP contribution in [0.15, 0.2) is 54.6 Å². The molecule has 0 aliphatic carbocycles. The molecule has 0 amide bonds. The summed E-state index contributed by atoms with van der Waals surface area (Å²) >= 11 is 3.46. The van der Waals surface area contributed by atoms with Crippen LogP contribution in [0.2, 0.25) is 0 Å². The minimum atomic E-state index is -0.154. The number of rotatable bonds is 18. The largest absolute Gasteiger partial charge is 0.493 e. The van der Waals surface area contributed by atoms with Crippen LogP contribution in [0, 0.1) is 0 Å². The lowest BCUT2D eigenvalue weighted by Gasteiger charge is -2.22. The lowest BCUT2D eigenvalue weighted by molar-refractivity contribution is 0.122. The van der Waals surface area contributed by atoms with Gasteiger partial charge in [-0.05, 0) is 56.7 Å². The fourth-order valence-corrected chi connectivity index (χ4v) is 3.73. The van der Waals surface area contributed by atoms with E-state index >= 15 is 0 Å². The Labute approximate surface area is 196 Å². The molecular formula is C26H37BrO4. The maximum absolute atomic E-state index is 9.31. The molecule has 0 aliphatic heterocycles. The van der Waals surface area contributed by atoms with Crippen molar-refractivity contribution in [3.05, 3.63) is 60.2 Å². The molecule has 1 atom stereocenters. The Morgan fingerprint density at radius 1 is 0.742 bits per heavy atom. The van der Waals surface area contributed by atoms with Gasteiger partial charge in [0.15, 0.2) is 0 Å². The highest BCUT2D eigenvalue weighted by atomic mass is 79.9. The third kappa shape index (κ3) is 11.0. The third-order valence-electron chi connectivity index (χ3n) is 5.02. The lowest BCUT2D eigenvalue weighted by Crippen LogP contribution is -2.11. The first-order valence-corrected chi connectivity index (χ1v) is 12.6. The summed E-state index contributed by atoms with van der Waals surface area (Å²) in [5, 5.41) is 10.4. The first-order valence-electron chi connectivity index (χ1n) is 11.5. The number of ether oxygens (including phenoxy) is 3. The van der Waals surface area contributed by atoms with E-state index in [1.807, 2.05) is 48.5 Å². The molecule has 0 spiro atoms. The predicted octanol–water partition coefficient (Wildman–Crippen LogP) is 6.71. The van der Waals surface area contributed by atoms with Gasteiger partial charge in [-0.1, -0.05) is 65.2 Å². The monoisotopic (exact) mass is 492 g/mol. The number of hydrogen-bond acceptors (Lipinski definition) is 4. The van der Waals surface area contributed by atoms with Crippen LogP contribution >= 0.6 is 15.9 Å². The van der Waals surface area contributed by atoms with Crippen molar-refractivity contribution < 1.29 is 19.3 Å². The molecule has 0 saturated carbocycles. The molecule has 0 radical (unpaired) electrons. The summed E-state index contributed by atoms with van der Waals surface area (Å²) < 4.78 is 18.1. The van der Waals surface area contributed by atoms with Crippen molar-refractivity contribution in [2.24, 2.45) is 0 Å². The second-order valence-electron chi connectivity index (χ2n) is 7.59. The van der Waals surface area contributed by atoms with Crippen molar-refractivity contribution in [3.63, 3.8) is 0 Å². The van der Waals surface area contributed by atoms with Gasteiger partial charge >= 0.3 is 0 Å². The van der Waals surface area contributed by atoms with Crippen LogP contribution in [0.5, 0.6) is 11.5 Å². The van der Waals surface area contributed by atoms with Gasteiger partial charge in [-0.2, -0.15) is 0 Å². The highest BCUT2D eigenvalue weighted by Gasteiger charge is 2.18. The van der Waals surface area contributed by atoms with Gasteiger partial charge in [0, 0.05) is 30.7 Å². The molecule has 0 fully saturated rings. The lowest BCUT2D eigenvalue weighted by atomic mass is 10.0. The SMILES string of the molecule is OCCCC(Oc1ccccc1)c1ccccc1OCCCCOCCCCCCBr. The molecule has 0 heterocycles. The van der Waals surface area contributed by atoms with E-state index in [-0.39, 0.29) is 12.7 Å². The minimum Gasteiger partial charge on any atom is -0.493 e. The molecule has 0 bridgehead atoms. The number of halogens is 1. The van der Waals surface area contributed by atoms with E-state index in [1.165, 1.54) is 19.3 Å². The Bertz CT molecular complexity index is 680. The van der Waals surface area contributed by atoms with E-state index < -0.39 is 0 Å². The molecule has 4 nitrogen and oxygen atoms in total. The number of unbranched alkanes of at least 4 members (excludes halogenated alkanes) is 4. The van der Waals surface area contributed by atoms with E-state index in [0.717, 1.165) is 61.3 Å². The van der Waals surface area contributed by atoms with Crippen molar-refractivity contribution >= 4 is 15.9 Å². The summed E-state index contributed by atoms with van der Waals surface area (Å²) in [4.78, 5) is 0. The maximum atomic E-state index is 9.31. The summed E-state index contributed by atoms with van der Waals surface area (Å²) in [5.41, 5.74) is 1.03. The molecule has 5 heteroatoms. The number of para-hydroxylation sites is 2. The molecule has 2 aromatic carbocycles. The maximum Gasteiger partial charge on any atom is 0.127 e. The average Bonchev–Trinajstić information content (AvgIpc) is 2.81. The van der Waals surface area contributed by atoms with Crippen LogP contribution in [0.4, 0.5) is 0 Å². The second-order valence-corrected chi connectivity index (χ2v) is 8.39. The molecule has 0 saturated heterocycles. The Balaban J connectivity index is 1.76. The fourth-order valence-electron chi connectivity index (χ4n) is 3.34. The quantitative estimate of drug-likeness (QED) is 0.185. The average molecular weight is 493 g/mol. The van der Waals surface area contributed by atoms with E-state index in [4.69, 9.17) is 14.2 Å². The van der Waals surface area contributed by atoms with Gasteiger partial charge < -0.3 is 19.3 Å². The normalized spacial score (nSPS) is 11.9. The molecule has 31 heavy (non-hydrogen) atoms. The van der Waals surface area contributed by atoms with Crippen molar-refractivity contribution in [2.75, 3.05) is 31.8 Å². The van der Waals surface area contributed by atoms with Gasteiger partial charge in [0.2, 0.25) is 0 Å². The number of alkyl halides is 1. The van der Waals surface area contributed by atoms with Crippen LogP contribution in [0.3, 0.4) is 0 Å². The highest BCUT2D eigenvalue weighted by Crippen LogP contribution is 2.32. The molecule has 2 aromatic rings. The first kappa shape index (κ1) is 25.7. The summed E-state index contributed by atoms with van der Waals surface area (Å²) in [6.07, 6.45) is 8.12. The van der Waals surface area contributed by atoms with Crippen LogP contribution in [-0.2, 0) is 4.74 Å².